The van der Waals surface area contributed by atoms with Gasteiger partial charge in [-0.2, -0.15) is 13.2 Å². The normalized spacial score (nSPS) is 11.2. The lowest BCUT2D eigenvalue weighted by atomic mass is 10.1. The molecule has 1 N–H and O–H groups in total. The molecule has 28 heavy (non-hydrogen) atoms. The number of carbonyl (C=O) groups excluding carboxylic acids is 1. The first-order valence-electron chi connectivity index (χ1n) is 8.22. The van der Waals surface area contributed by atoms with E-state index in [1.165, 1.54) is 12.1 Å². The maximum atomic E-state index is 12.7. The smallest absolute Gasteiger partial charge is 0.351 e. The third kappa shape index (κ3) is 5.53. The average Bonchev–Trinajstić information content (AvgIpc) is 2.71. The molecule has 3 aromatic rings. The number of hydrogen-bond acceptors (Lipinski definition) is 5. The van der Waals surface area contributed by atoms with Crippen LogP contribution in [0.5, 0.6) is 0 Å². The van der Waals surface area contributed by atoms with Gasteiger partial charge in [0.15, 0.2) is 5.16 Å². The first-order chi connectivity index (χ1) is 13.4. The summed E-state index contributed by atoms with van der Waals surface area (Å²) >= 11 is 1.14. The van der Waals surface area contributed by atoms with Crippen molar-refractivity contribution in [1.29, 1.82) is 0 Å². The van der Waals surface area contributed by atoms with Crippen LogP contribution in [0.3, 0.4) is 0 Å². The molecule has 5 nitrogen and oxygen atoms in total. The van der Waals surface area contributed by atoms with Gasteiger partial charge in [0.05, 0.1) is 22.7 Å². The Morgan fingerprint density at radius 1 is 1.00 bits per heavy atom. The first-order valence-corrected chi connectivity index (χ1v) is 9.20. The molecule has 0 spiro atoms. The first kappa shape index (κ1) is 19.8. The molecule has 0 saturated heterocycles. The highest BCUT2D eigenvalue weighted by atomic mass is 32.2. The van der Waals surface area contributed by atoms with Gasteiger partial charge in [-0.05, 0) is 35.9 Å². The van der Waals surface area contributed by atoms with Crippen molar-refractivity contribution in [2.45, 2.75) is 17.9 Å². The number of nitrogens with zero attached hydrogens (tertiary/aromatic N) is 3. The molecule has 1 aromatic carbocycles. The number of benzene rings is 1. The fraction of sp³-hybridized carbons (Fsp3) is 0.158. The predicted molar refractivity (Wildman–Crippen MR) is 99.3 cm³/mol. The molecular formula is C19H15F3N4OS. The Bertz CT molecular complexity index is 951. The largest absolute Gasteiger partial charge is 0.416 e. The third-order valence-electron chi connectivity index (χ3n) is 3.64. The van der Waals surface area contributed by atoms with Crippen LogP contribution in [0, 0.1) is 0 Å². The lowest BCUT2D eigenvalue weighted by Crippen LogP contribution is -2.24. The second-order valence-corrected chi connectivity index (χ2v) is 6.65. The van der Waals surface area contributed by atoms with E-state index >= 15 is 0 Å². The minimum Gasteiger partial charge on any atom is -0.351 e. The van der Waals surface area contributed by atoms with Crippen molar-refractivity contribution >= 4 is 17.7 Å². The van der Waals surface area contributed by atoms with E-state index in [0.29, 0.717) is 22.1 Å². The summed E-state index contributed by atoms with van der Waals surface area (Å²) < 4.78 is 38.2. The maximum Gasteiger partial charge on any atom is 0.416 e. The van der Waals surface area contributed by atoms with E-state index in [2.05, 4.69) is 20.3 Å². The third-order valence-corrected chi connectivity index (χ3v) is 4.50. The van der Waals surface area contributed by atoms with Crippen molar-refractivity contribution in [1.82, 2.24) is 20.3 Å². The van der Waals surface area contributed by atoms with E-state index in [4.69, 9.17) is 0 Å². The maximum absolute atomic E-state index is 12.7. The van der Waals surface area contributed by atoms with Crippen molar-refractivity contribution in [3.05, 3.63) is 72.1 Å². The summed E-state index contributed by atoms with van der Waals surface area (Å²) in [5, 5.41) is 3.01. The zero-order valence-electron chi connectivity index (χ0n) is 14.5. The minimum absolute atomic E-state index is 0.0120. The van der Waals surface area contributed by atoms with Crippen LogP contribution in [0.1, 0.15) is 11.1 Å². The summed E-state index contributed by atoms with van der Waals surface area (Å²) in [5.74, 6) is -0.279. The fourth-order valence-electron chi connectivity index (χ4n) is 2.31. The molecule has 0 atom stereocenters. The number of thioether (sulfide) groups is 1. The molecule has 0 aliphatic carbocycles. The van der Waals surface area contributed by atoms with E-state index in [1.807, 2.05) is 12.1 Å². The van der Waals surface area contributed by atoms with Crippen LogP contribution < -0.4 is 5.32 Å². The molecule has 0 aliphatic heterocycles. The number of aromatic nitrogens is 3. The highest BCUT2D eigenvalue weighted by molar-refractivity contribution is 7.99. The summed E-state index contributed by atoms with van der Waals surface area (Å²) in [7, 11) is 0. The Labute approximate surface area is 163 Å². The summed E-state index contributed by atoms with van der Waals surface area (Å²) in [4.78, 5) is 24.7. The molecule has 0 radical (unpaired) electrons. The van der Waals surface area contributed by atoms with Gasteiger partial charge >= 0.3 is 6.18 Å². The van der Waals surface area contributed by atoms with Gasteiger partial charge in [-0.1, -0.05) is 30.0 Å². The predicted octanol–water partition coefficient (Wildman–Crippen LogP) is 3.97. The van der Waals surface area contributed by atoms with Gasteiger partial charge in [-0.15, -0.1) is 0 Å². The van der Waals surface area contributed by atoms with Crippen LogP contribution in [0.2, 0.25) is 0 Å². The molecule has 1 amide bonds. The van der Waals surface area contributed by atoms with Crippen molar-refractivity contribution in [2.24, 2.45) is 0 Å². The second-order valence-electron chi connectivity index (χ2n) is 5.70. The van der Waals surface area contributed by atoms with Crippen LogP contribution in [0.25, 0.3) is 11.4 Å². The molecule has 0 aliphatic rings. The highest BCUT2D eigenvalue weighted by Gasteiger charge is 2.30. The van der Waals surface area contributed by atoms with Gasteiger partial charge in [0.25, 0.3) is 0 Å². The summed E-state index contributed by atoms with van der Waals surface area (Å²) in [6.45, 7) is 0.0120. The Kier molecular flexibility index (Phi) is 6.25. The lowest BCUT2D eigenvalue weighted by molar-refractivity contribution is -0.137. The molecule has 2 heterocycles. The van der Waals surface area contributed by atoms with Crippen molar-refractivity contribution in [3.63, 3.8) is 0 Å². The zero-order chi connectivity index (χ0) is 20.0. The molecule has 0 bridgehead atoms. The van der Waals surface area contributed by atoms with E-state index in [0.717, 1.165) is 23.9 Å². The molecule has 144 valence electrons. The van der Waals surface area contributed by atoms with Gasteiger partial charge < -0.3 is 5.32 Å². The molecule has 2 aromatic heterocycles. The summed E-state index contributed by atoms with van der Waals surface area (Å²) in [6.07, 6.45) is -1.17. The Balaban J connectivity index is 1.54. The van der Waals surface area contributed by atoms with Gasteiger partial charge in [0.2, 0.25) is 5.91 Å². The van der Waals surface area contributed by atoms with Crippen molar-refractivity contribution in [3.8, 4) is 11.4 Å². The summed E-state index contributed by atoms with van der Waals surface area (Å²) in [6, 6.07) is 12.0. The van der Waals surface area contributed by atoms with Crippen LogP contribution in [0.4, 0.5) is 13.2 Å². The van der Waals surface area contributed by atoms with Gasteiger partial charge in [0.1, 0.15) is 0 Å². The number of halogens is 3. The molecule has 0 saturated carbocycles. The molecular weight excluding hydrogens is 389 g/mol. The fourth-order valence-corrected chi connectivity index (χ4v) is 2.97. The Hall–Kier alpha value is -2.94. The van der Waals surface area contributed by atoms with Crippen LogP contribution >= 0.6 is 11.8 Å². The molecule has 0 fully saturated rings. The molecule has 3 rings (SSSR count). The van der Waals surface area contributed by atoms with E-state index in [9.17, 15) is 18.0 Å². The topological polar surface area (TPSA) is 67.8 Å². The van der Waals surface area contributed by atoms with Crippen LogP contribution in [-0.2, 0) is 17.5 Å². The minimum atomic E-state index is -4.41. The van der Waals surface area contributed by atoms with Gasteiger partial charge in [-0.25, -0.2) is 9.97 Å². The van der Waals surface area contributed by atoms with Gasteiger partial charge in [-0.3, -0.25) is 9.78 Å². The van der Waals surface area contributed by atoms with Crippen molar-refractivity contribution in [2.75, 3.05) is 5.75 Å². The van der Waals surface area contributed by atoms with Crippen molar-refractivity contribution < 1.29 is 18.0 Å². The second kappa shape index (κ2) is 8.83. The number of nitrogens with one attached hydrogen (secondary N) is 1. The molecule has 9 heteroatoms. The summed E-state index contributed by atoms with van der Waals surface area (Å²) in [5.41, 5.74) is 0.971. The van der Waals surface area contributed by atoms with E-state index < -0.39 is 11.7 Å². The average molecular weight is 404 g/mol. The Morgan fingerprint density at radius 3 is 2.61 bits per heavy atom. The number of carbonyl (C=O) groups is 1. The lowest BCUT2D eigenvalue weighted by Gasteiger charge is -2.09. The number of pyridine rings is 1. The number of alkyl halides is 3. The van der Waals surface area contributed by atoms with Gasteiger partial charge in [0, 0.05) is 18.9 Å². The van der Waals surface area contributed by atoms with E-state index in [1.54, 1.807) is 24.5 Å². The highest BCUT2D eigenvalue weighted by Crippen LogP contribution is 2.29. The Morgan fingerprint density at radius 2 is 1.86 bits per heavy atom. The number of amides is 1. The quantitative estimate of drug-likeness (QED) is 0.498. The van der Waals surface area contributed by atoms with Crippen LogP contribution in [-0.4, -0.2) is 26.6 Å². The van der Waals surface area contributed by atoms with Crippen LogP contribution in [0.15, 0.2) is 66.1 Å². The number of rotatable bonds is 6. The monoisotopic (exact) mass is 404 g/mol. The SMILES string of the molecule is O=C(CSc1nccc(-c2ccccn2)n1)NCc1cccc(C(F)(F)F)c1. The van der Waals surface area contributed by atoms with E-state index in [-0.39, 0.29) is 18.2 Å². The standard InChI is InChI=1S/C19H15F3N4OS/c20-19(21,22)14-5-3-4-13(10-14)11-25-17(27)12-28-18-24-9-7-16(26-18)15-6-1-2-8-23-15/h1-10H,11-12H2,(H,25,27). The number of hydrogen-bond donors (Lipinski definition) is 1. The molecule has 0 unspecified atom stereocenters. The zero-order valence-corrected chi connectivity index (χ0v) is 15.3.